The van der Waals surface area contributed by atoms with Crippen molar-refractivity contribution in [3.8, 4) is 0 Å². The second-order valence-electron chi connectivity index (χ2n) is 5.03. The molecule has 0 N–H and O–H groups in total. The van der Waals surface area contributed by atoms with Crippen molar-refractivity contribution in [2.45, 2.75) is 11.6 Å². The molecule has 22 heavy (non-hydrogen) atoms. The molecule has 0 spiro atoms. The highest BCUT2D eigenvalue weighted by molar-refractivity contribution is 5.92. The van der Waals surface area contributed by atoms with E-state index in [0.29, 0.717) is 5.56 Å². The number of hydrogen-bond acceptors (Lipinski definition) is 2. The number of hydrogen-bond donors (Lipinski definition) is 0. The number of allylic oxidation sites excluding steroid dienone is 2. The van der Waals surface area contributed by atoms with E-state index < -0.39 is 16.5 Å². The van der Waals surface area contributed by atoms with E-state index in [1.807, 2.05) is 0 Å². The molecule has 0 heterocycles. The monoisotopic (exact) mass is 305 g/mol. The van der Waals surface area contributed by atoms with Gasteiger partial charge in [-0.1, -0.05) is 36.4 Å². The van der Waals surface area contributed by atoms with Crippen LogP contribution in [0, 0.1) is 10.1 Å². The maximum Gasteiger partial charge on any atom is 0.405 e. The summed E-state index contributed by atoms with van der Waals surface area (Å²) in [6.07, 6.45) is -3.30. The molecule has 0 aliphatic heterocycles. The van der Waals surface area contributed by atoms with E-state index in [9.17, 15) is 23.3 Å². The summed E-state index contributed by atoms with van der Waals surface area (Å²) in [6, 6.07) is 12.7. The lowest BCUT2D eigenvalue weighted by molar-refractivity contribution is -0.384. The van der Waals surface area contributed by atoms with E-state index in [0.717, 1.165) is 6.08 Å². The van der Waals surface area contributed by atoms with Gasteiger partial charge in [0.1, 0.15) is 5.41 Å². The number of nitrogens with zero attached hydrogens (tertiary/aromatic N) is 1. The van der Waals surface area contributed by atoms with Gasteiger partial charge in [-0.3, -0.25) is 10.1 Å². The Kier molecular flexibility index (Phi) is 3.05. The van der Waals surface area contributed by atoms with Crippen LogP contribution in [0.3, 0.4) is 0 Å². The topological polar surface area (TPSA) is 43.1 Å². The van der Waals surface area contributed by atoms with Crippen LogP contribution in [-0.4, -0.2) is 11.1 Å². The summed E-state index contributed by atoms with van der Waals surface area (Å²) in [6.45, 7) is 0. The third kappa shape index (κ3) is 2.07. The summed E-state index contributed by atoms with van der Waals surface area (Å²) in [4.78, 5) is 10.0. The van der Waals surface area contributed by atoms with Crippen molar-refractivity contribution in [1.82, 2.24) is 0 Å². The van der Waals surface area contributed by atoms with E-state index in [1.165, 1.54) is 36.4 Å². The van der Waals surface area contributed by atoms with Gasteiger partial charge in [0, 0.05) is 12.1 Å². The molecule has 1 aliphatic carbocycles. The maximum absolute atomic E-state index is 13.6. The lowest BCUT2D eigenvalue weighted by Crippen LogP contribution is -2.31. The van der Waals surface area contributed by atoms with Crippen molar-refractivity contribution in [2.24, 2.45) is 0 Å². The smallest absolute Gasteiger partial charge is 0.258 e. The van der Waals surface area contributed by atoms with Crippen molar-refractivity contribution in [2.75, 3.05) is 0 Å². The average molecular weight is 305 g/mol. The third-order valence-electron chi connectivity index (χ3n) is 3.77. The molecule has 3 rings (SSSR count). The van der Waals surface area contributed by atoms with Gasteiger partial charge in [0.2, 0.25) is 0 Å². The van der Waals surface area contributed by atoms with Gasteiger partial charge in [-0.15, -0.1) is 0 Å². The number of rotatable bonds is 3. The Bertz CT molecular complexity index is 751. The van der Waals surface area contributed by atoms with Crippen molar-refractivity contribution in [3.05, 3.63) is 81.9 Å². The quantitative estimate of drug-likeness (QED) is 0.619. The molecule has 0 fully saturated rings. The second-order valence-corrected chi connectivity index (χ2v) is 5.03. The van der Waals surface area contributed by atoms with Crippen LogP contribution in [0.2, 0.25) is 0 Å². The van der Waals surface area contributed by atoms with Gasteiger partial charge >= 0.3 is 6.18 Å². The lowest BCUT2D eigenvalue weighted by atomic mass is 9.87. The normalized spacial score (nSPS) is 20.4. The zero-order valence-electron chi connectivity index (χ0n) is 11.2. The largest absolute Gasteiger partial charge is 0.405 e. The third-order valence-corrected chi connectivity index (χ3v) is 3.77. The molecule has 0 unspecified atom stereocenters. The Morgan fingerprint density at radius 3 is 2.05 bits per heavy atom. The van der Waals surface area contributed by atoms with Gasteiger partial charge < -0.3 is 0 Å². The number of halogens is 3. The van der Waals surface area contributed by atoms with Crippen molar-refractivity contribution >= 4 is 11.3 Å². The Morgan fingerprint density at radius 2 is 1.55 bits per heavy atom. The van der Waals surface area contributed by atoms with Gasteiger partial charge in [0.25, 0.3) is 5.69 Å². The molecule has 3 nitrogen and oxygen atoms in total. The SMILES string of the molecule is O=[N+]([O-])c1ccc(C2=C[C@@]2(c2ccccc2)C(F)(F)F)cc1. The van der Waals surface area contributed by atoms with Crippen LogP contribution < -0.4 is 0 Å². The van der Waals surface area contributed by atoms with Crippen LogP contribution in [0.15, 0.2) is 60.7 Å². The highest BCUT2D eigenvalue weighted by atomic mass is 19.4. The highest BCUT2D eigenvalue weighted by Gasteiger charge is 2.65. The van der Waals surface area contributed by atoms with E-state index in [1.54, 1.807) is 18.2 Å². The fourth-order valence-corrected chi connectivity index (χ4v) is 2.59. The molecule has 0 radical (unpaired) electrons. The molecule has 112 valence electrons. The molecular formula is C16H10F3NO2. The molecular weight excluding hydrogens is 295 g/mol. The van der Waals surface area contributed by atoms with Crippen LogP contribution in [0.4, 0.5) is 18.9 Å². The second kappa shape index (κ2) is 4.69. The summed E-state index contributed by atoms with van der Waals surface area (Å²) >= 11 is 0. The first-order valence-corrected chi connectivity index (χ1v) is 6.47. The van der Waals surface area contributed by atoms with Gasteiger partial charge in [0.05, 0.1) is 4.92 Å². The zero-order chi connectivity index (χ0) is 16.0. The number of benzene rings is 2. The fraction of sp³-hybridized carbons (Fsp3) is 0.125. The molecule has 2 aromatic rings. The highest BCUT2D eigenvalue weighted by Crippen LogP contribution is 2.61. The molecule has 1 aliphatic rings. The van der Waals surface area contributed by atoms with E-state index >= 15 is 0 Å². The number of nitro benzene ring substituents is 1. The first-order chi connectivity index (χ1) is 10.4. The minimum atomic E-state index is -4.45. The Hall–Kier alpha value is -2.63. The molecule has 2 aromatic carbocycles. The van der Waals surface area contributed by atoms with Crippen molar-refractivity contribution in [3.63, 3.8) is 0 Å². The van der Waals surface area contributed by atoms with Gasteiger partial charge in [-0.25, -0.2) is 0 Å². The van der Waals surface area contributed by atoms with Crippen LogP contribution in [0.25, 0.3) is 5.57 Å². The predicted molar refractivity (Wildman–Crippen MR) is 75.2 cm³/mol. The zero-order valence-corrected chi connectivity index (χ0v) is 11.2. The van der Waals surface area contributed by atoms with Crippen LogP contribution in [0.1, 0.15) is 11.1 Å². The average Bonchev–Trinajstić information content (AvgIpc) is 3.25. The molecule has 0 saturated carbocycles. The van der Waals surface area contributed by atoms with Crippen LogP contribution in [0.5, 0.6) is 0 Å². The molecule has 6 heteroatoms. The predicted octanol–water partition coefficient (Wildman–Crippen LogP) is 4.49. The van der Waals surface area contributed by atoms with E-state index in [-0.39, 0.29) is 16.8 Å². The van der Waals surface area contributed by atoms with Crippen LogP contribution >= 0.6 is 0 Å². The summed E-state index contributed by atoms with van der Waals surface area (Å²) < 4.78 is 40.7. The molecule has 0 amide bonds. The lowest BCUT2D eigenvalue weighted by Gasteiger charge is -2.23. The minimum Gasteiger partial charge on any atom is -0.258 e. The standard InChI is InChI=1S/C16H10F3NO2/c17-16(18,19)15(12-4-2-1-3-5-12)10-14(15)11-6-8-13(9-7-11)20(21)22/h1-10H/t15-/m0/s1. The molecule has 0 bridgehead atoms. The Balaban J connectivity index is 1.99. The first kappa shape index (κ1) is 14.3. The summed E-state index contributed by atoms with van der Waals surface area (Å²) in [5.41, 5.74) is -1.63. The number of nitro groups is 1. The van der Waals surface area contributed by atoms with Gasteiger partial charge in [0.15, 0.2) is 0 Å². The first-order valence-electron chi connectivity index (χ1n) is 6.47. The van der Waals surface area contributed by atoms with Gasteiger partial charge in [-0.05, 0) is 28.8 Å². The van der Waals surface area contributed by atoms with Crippen molar-refractivity contribution < 1.29 is 18.1 Å². The van der Waals surface area contributed by atoms with Crippen molar-refractivity contribution in [1.29, 1.82) is 0 Å². The minimum absolute atomic E-state index is 0.126. The number of non-ortho nitro benzene ring substituents is 1. The maximum atomic E-state index is 13.6. The Morgan fingerprint density at radius 1 is 0.955 bits per heavy atom. The summed E-state index contributed by atoms with van der Waals surface area (Å²) in [5, 5.41) is 10.6. The number of alkyl halides is 3. The summed E-state index contributed by atoms with van der Waals surface area (Å²) in [7, 11) is 0. The summed E-state index contributed by atoms with van der Waals surface area (Å²) in [5.74, 6) is 0. The molecule has 1 atom stereocenters. The van der Waals surface area contributed by atoms with E-state index in [2.05, 4.69) is 0 Å². The Labute approximate surface area is 123 Å². The molecule has 0 aromatic heterocycles. The fourth-order valence-electron chi connectivity index (χ4n) is 2.59. The van der Waals surface area contributed by atoms with Gasteiger partial charge in [-0.2, -0.15) is 13.2 Å². The van der Waals surface area contributed by atoms with Crippen LogP contribution in [-0.2, 0) is 5.41 Å². The van der Waals surface area contributed by atoms with E-state index in [4.69, 9.17) is 0 Å². The molecule has 0 saturated heterocycles.